The molecule has 1 aliphatic heterocycles. The van der Waals surface area contributed by atoms with Crippen molar-refractivity contribution in [2.75, 3.05) is 26.2 Å². The smallest absolute Gasteiger partial charge is 0.119 e. The summed E-state index contributed by atoms with van der Waals surface area (Å²) in [4.78, 5) is 0. The van der Waals surface area contributed by atoms with Crippen molar-refractivity contribution in [2.24, 2.45) is 5.92 Å². The van der Waals surface area contributed by atoms with Gasteiger partial charge in [0.05, 0.1) is 6.61 Å². The van der Waals surface area contributed by atoms with Crippen LogP contribution in [-0.2, 0) is 6.42 Å². The Morgan fingerprint density at radius 2 is 1.78 bits per heavy atom. The first-order valence-electron chi connectivity index (χ1n) is 8.40. The van der Waals surface area contributed by atoms with Gasteiger partial charge >= 0.3 is 0 Å². The van der Waals surface area contributed by atoms with Gasteiger partial charge in [-0.15, -0.1) is 24.8 Å². The predicted molar refractivity (Wildman–Crippen MR) is 103 cm³/mol. The highest BCUT2D eigenvalue weighted by Gasteiger charge is 2.11. The van der Waals surface area contributed by atoms with Crippen molar-refractivity contribution in [3.8, 4) is 5.75 Å². The number of benzene rings is 1. The molecule has 5 heteroatoms. The van der Waals surface area contributed by atoms with E-state index in [-0.39, 0.29) is 24.8 Å². The van der Waals surface area contributed by atoms with Crippen molar-refractivity contribution >= 4 is 24.8 Å². The summed E-state index contributed by atoms with van der Waals surface area (Å²) in [5.74, 6) is 1.69. The second-order valence-electron chi connectivity index (χ2n) is 6.40. The molecule has 0 amide bonds. The van der Waals surface area contributed by atoms with Crippen molar-refractivity contribution in [1.82, 2.24) is 10.6 Å². The lowest BCUT2D eigenvalue weighted by Crippen LogP contribution is -2.40. The molecule has 134 valence electrons. The fourth-order valence-corrected chi connectivity index (χ4v) is 2.61. The van der Waals surface area contributed by atoms with E-state index < -0.39 is 0 Å². The van der Waals surface area contributed by atoms with Crippen LogP contribution < -0.4 is 15.4 Å². The maximum atomic E-state index is 5.75. The number of halogens is 2. The average Bonchev–Trinajstić information content (AvgIpc) is 2.50. The normalized spacial score (nSPS) is 14.9. The first-order chi connectivity index (χ1) is 10.2. The minimum absolute atomic E-state index is 0. The van der Waals surface area contributed by atoms with Crippen LogP contribution in [0.25, 0.3) is 0 Å². The Bertz CT molecular complexity index is 393. The van der Waals surface area contributed by atoms with Crippen molar-refractivity contribution < 1.29 is 4.74 Å². The minimum atomic E-state index is 0. The van der Waals surface area contributed by atoms with Gasteiger partial charge in [-0.25, -0.2) is 0 Å². The summed E-state index contributed by atoms with van der Waals surface area (Å²) in [5.41, 5.74) is 1.38. The molecule has 1 fully saturated rings. The van der Waals surface area contributed by atoms with Gasteiger partial charge in [0.15, 0.2) is 0 Å². The zero-order valence-corrected chi connectivity index (χ0v) is 16.0. The zero-order chi connectivity index (χ0) is 14.9. The number of ether oxygens (including phenoxy) is 1. The predicted octanol–water partition coefficient (Wildman–Crippen LogP) is 3.84. The SMILES string of the molecule is CC(C)CCOc1ccc(CCNC2CCNCC2)cc1.Cl.Cl. The van der Waals surface area contributed by atoms with Crippen LogP contribution in [-0.4, -0.2) is 32.3 Å². The van der Waals surface area contributed by atoms with Crippen LogP contribution in [0.15, 0.2) is 24.3 Å². The molecule has 2 rings (SSSR count). The molecule has 0 spiro atoms. The highest BCUT2D eigenvalue weighted by molar-refractivity contribution is 5.85. The third-order valence-electron chi connectivity index (χ3n) is 4.07. The standard InChI is InChI=1S/C18H30N2O.2ClH/c1-15(2)10-14-21-18-5-3-16(4-6-18)7-13-20-17-8-11-19-12-9-17;;/h3-6,15,17,19-20H,7-14H2,1-2H3;2*1H. The molecule has 1 heterocycles. The summed E-state index contributed by atoms with van der Waals surface area (Å²) in [5, 5.41) is 7.06. The van der Waals surface area contributed by atoms with Gasteiger partial charge in [-0.1, -0.05) is 26.0 Å². The molecule has 2 N–H and O–H groups in total. The second-order valence-corrected chi connectivity index (χ2v) is 6.40. The fourth-order valence-electron chi connectivity index (χ4n) is 2.61. The summed E-state index contributed by atoms with van der Waals surface area (Å²) < 4.78 is 5.75. The third-order valence-corrected chi connectivity index (χ3v) is 4.07. The van der Waals surface area contributed by atoms with Gasteiger partial charge in [0.1, 0.15) is 5.75 Å². The van der Waals surface area contributed by atoms with E-state index in [0.29, 0.717) is 12.0 Å². The molecule has 0 saturated carbocycles. The maximum absolute atomic E-state index is 5.75. The molecular formula is C18H32Cl2N2O. The van der Waals surface area contributed by atoms with Gasteiger partial charge in [-0.05, 0) is 68.9 Å². The molecule has 3 nitrogen and oxygen atoms in total. The molecule has 0 atom stereocenters. The molecular weight excluding hydrogens is 331 g/mol. The third kappa shape index (κ3) is 9.41. The largest absolute Gasteiger partial charge is 0.494 e. The Balaban J connectivity index is 0.00000242. The van der Waals surface area contributed by atoms with E-state index in [0.717, 1.165) is 44.8 Å². The lowest BCUT2D eigenvalue weighted by Gasteiger charge is -2.23. The van der Waals surface area contributed by atoms with Gasteiger partial charge in [0.2, 0.25) is 0 Å². The van der Waals surface area contributed by atoms with Crippen molar-refractivity contribution in [2.45, 2.75) is 45.6 Å². The molecule has 1 aromatic rings. The summed E-state index contributed by atoms with van der Waals surface area (Å²) in [6, 6.07) is 9.27. The Hall–Kier alpha value is -0.480. The molecule has 0 bridgehead atoms. The Kier molecular flexibility index (Phi) is 12.6. The monoisotopic (exact) mass is 362 g/mol. The van der Waals surface area contributed by atoms with Crippen molar-refractivity contribution in [3.63, 3.8) is 0 Å². The summed E-state index contributed by atoms with van der Waals surface area (Å²) in [6.07, 6.45) is 4.71. The average molecular weight is 363 g/mol. The second kappa shape index (κ2) is 12.9. The molecule has 1 aliphatic rings. The van der Waals surface area contributed by atoms with Gasteiger partial charge in [0.25, 0.3) is 0 Å². The van der Waals surface area contributed by atoms with Crippen LogP contribution in [0.1, 0.15) is 38.7 Å². The molecule has 0 radical (unpaired) electrons. The topological polar surface area (TPSA) is 33.3 Å². The van der Waals surface area contributed by atoms with E-state index in [2.05, 4.69) is 48.7 Å². The van der Waals surface area contributed by atoms with E-state index in [4.69, 9.17) is 4.74 Å². The van der Waals surface area contributed by atoms with Crippen LogP contribution in [0.2, 0.25) is 0 Å². The van der Waals surface area contributed by atoms with E-state index in [9.17, 15) is 0 Å². The number of nitrogens with one attached hydrogen (secondary N) is 2. The van der Waals surface area contributed by atoms with Gasteiger partial charge in [-0.2, -0.15) is 0 Å². The highest BCUT2D eigenvalue weighted by Crippen LogP contribution is 2.13. The van der Waals surface area contributed by atoms with Crippen LogP contribution in [0, 0.1) is 5.92 Å². The molecule has 0 unspecified atom stereocenters. The van der Waals surface area contributed by atoms with Crippen LogP contribution in [0.3, 0.4) is 0 Å². The number of hydrogen-bond donors (Lipinski definition) is 2. The van der Waals surface area contributed by atoms with E-state index in [1.54, 1.807) is 0 Å². The van der Waals surface area contributed by atoms with Crippen molar-refractivity contribution in [1.29, 1.82) is 0 Å². The first-order valence-corrected chi connectivity index (χ1v) is 8.40. The van der Waals surface area contributed by atoms with E-state index >= 15 is 0 Å². The van der Waals surface area contributed by atoms with Gasteiger partial charge < -0.3 is 15.4 Å². The molecule has 1 saturated heterocycles. The van der Waals surface area contributed by atoms with Crippen molar-refractivity contribution in [3.05, 3.63) is 29.8 Å². The number of piperidine rings is 1. The Morgan fingerprint density at radius 3 is 2.39 bits per heavy atom. The molecule has 1 aromatic carbocycles. The molecule has 0 aromatic heterocycles. The summed E-state index contributed by atoms with van der Waals surface area (Å²) in [7, 11) is 0. The van der Waals surface area contributed by atoms with Crippen LogP contribution in [0.4, 0.5) is 0 Å². The maximum Gasteiger partial charge on any atom is 0.119 e. The molecule has 0 aliphatic carbocycles. The lowest BCUT2D eigenvalue weighted by atomic mass is 10.1. The zero-order valence-electron chi connectivity index (χ0n) is 14.3. The number of rotatable bonds is 8. The lowest BCUT2D eigenvalue weighted by molar-refractivity contribution is 0.289. The van der Waals surface area contributed by atoms with E-state index in [1.165, 1.54) is 18.4 Å². The summed E-state index contributed by atoms with van der Waals surface area (Å²) in [6.45, 7) is 8.64. The number of hydrogen-bond acceptors (Lipinski definition) is 3. The van der Waals surface area contributed by atoms with Gasteiger partial charge in [-0.3, -0.25) is 0 Å². The first kappa shape index (κ1) is 22.5. The van der Waals surface area contributed by atoms with E-state index in [1.807, 2.05) is 0 Å². The van der Waals surface area contributed by atoms with Crippen LogP contribution >= 0.6 is 24.8 Å². The quantitative estimate of drug-likeness (QED) is 0.736. The minimum Gasteiger partial charge on any atom is -0.494 e. The fraction of sp³-hybridized carbons (Fsp3) is 0.667. The Morgan fingerprint density at radius 1 is 1.13 bits per heavy atom. The highest BCUT2D eigenvalue weighted by atomic mass is 35.5. The Labute approximate surface area is 153 Å². The molecule has 23 heavy (non-hydrogen) atoms. The summed E-state index contributed by atoms with van der Waals surface area (Å²) >= 11 is 0. The van der Waals surface area contributed by atoms with Gasteiger partial charge in [0, 0.05) is 6.04 Å². The van der Waals surface area contributed by atoms with Crippen LogP contribution in [0.5, 0.6) is 5.75 Å².